The van der Waals surface area contributed by atoms with Gasteiger partial charge in [0.05, 0.1) is 6.26 Å². The van der Waals surface area contributed by atoms with Crippen LogP contribution in [0.25, 0.3) is 0 Å². The van der Waals surface area contributed by atoms with E-state index in [0.717, 1.165) is 18.4 Å². The van der Waals surface area contributed by atoms with Crippen molar-refractivity contribution >= 4 is 0 Å². The Hall–Kier alpha value is -2.87. The van der Waals surface area contributed by atoms with Gasteiger partial charge in [0.1, 0.15) is 11.9 Å². The minimum atomic E-state index is -0.178. The molecule has 0 radical (unpaired) electrons. The quantitative estimate of drug-likeness (QED) is 0.533. The van der Waals surface area contributed by atoms with Gasteiger partial charge in [-0.25, -0.2) is 4.39 Å². The summed E-state index contributed by atoms with van der Waals surface area (Å²) in [5, 5.41) is 0. The van der Waals surface area contributed by atoms with E-state index in [1.165, 1.54) is 17.2 Å². The normalized spacial score (nSPS) is 27.7. The van der Waals surface area contributed by atoms with Gasteiger partial charge in [-0.2, -0.15) is 0 Å². The first-order chi connectivity index (χ1) is 13.8. The third-order valence-corrected chi connectivity index (χ3v) is 6.36. The van der Waals surface area contributed by atoms with E-state index in [2.05, 4.69) is 60.7 Å². The predicted octanol–water partition coefficient (Wildman–Crippen LogP) is 6.02. The standard InChI is InChI=1S/C26H23FO/c27-22-13-7-12-21(18-22)26-16-17-28-23(15-14-19-8-3-1-4-9-19)25(26)24(26)20-10-5-2-6-11-20/h1-13,16-18,23-25H,14-15H2/t23-,24-,25-,26-/m1/s1. The summed E-state index contributed by atoms with van der Waals surface area (Å²) in [7, 11) is 0. The van der Waals surface area contributed by atoms with Crippen LogP contribution in [0, 0.1) is 11.7 Å². The molecular weight excluding hydrogens is 347 g/mol. The maximum absolute atomic E-state index is 14.1. The SMILES string of the molecule is Fc1cccc([C@@]23C=CO[C@H](CCc4ccccc4)[C@@H]2[C@H]3c2ccccc2)c1. The summed E-state index contributed by atoms with van der Waals surface area (Å²) < 4.78 is 20.2. The smallest absolute Gasteiger partial charge is 0.123 e. The molecule has 0 amide bonds. The van der Waals surface area contributed by atoms with Crippen molar-refractivity contribution in [2.45, 2.75) is 30.3 Å². The molecule has 4 atom stereocenters. The summed E-state index contributed by atoms with van der Waals surface area (Å²) in [6, 6.07) is 28.2. The van der Waals surface area contributed by atoms with E-state index in [9.17, 15) is 4.39 Å². The monoisotopic (exact) mass is 370 g/mol. The second kappa shape index (κ2) is 6.94. The Kier molecular flexibility index (Phi) is 4.27. The molecule has 0 aromatic heterocycles. The molecule has 2 heteroatoms. The zero-order valence-electron chi connectivity index (χ0n) is 15.7. The van der Waals surface area contributed by atoms with Gasteiger partial charge in [-0.3, -0.25) is 0 Å². The number of aryl methyl sites for hydroxylation is 1. The molecule has 0 unspecified atom stereocenters. The molecule has 1 aliphatic heterocycles. The first-order valence-electron chi connectivity index (χ1n) is 9.97. The van der Waals surface area contributed by atoms with Gasteiger partial charge in [0.25, 0.3) is 0 Å². The van der Waals surface area contributed by atoms with Crippen LogP contribution < -0.4 is 0 Å². The Balaban J connectivity index is 1.49. The number of fused-ring (bicyclic) bond motifs is 1. The summed E-state index contributed by atoms with van der Waals surface area (Å²) >= 11 is 0. The number of hydrogen-bond donors (Lipinski definition) is 0. The molecule has 28 heavy (non-hydrogen) atoms. The number of benzene rings is 3. The number of ether oxygens (including phenoxy) is 1. The molecule has 0 saturated heterocycles. The topological polar surface area (TPSA) is 9.23 Å². The van der Waals surface area contributed by atoms with E-state index in [4.69, 9.17) is 4.74 Å². The van der Waals surface area contributed by atoms with Gasteiger partial charge in [0.15, 0.2) is 0 Å². The van der Waals surface area contributed by atoms with Gasteiger partial charge in [-0.15, -0.1) is 0 Å². The lowest BCUT2D eigenvalue weighted by Crippen LogP contribution is -2.24. The molecular formula is C26H23FO. The Morgan fingerprint density at radius 3 is 2.36 bits per heavy atom. The van der Waals surface area contributed by atoms with Crippen LogP contribution >= 0.6 is 0 Å². The molecule has 1 saturated carbocycles. The third-order valence-electron chi connectivity index (χ3n) is 6.36. The molecule has 0 bridgehead atoms. The Morgan fingerprint density at radius 2 is 1.61 bits per heavy atom. The van der Waals surface area contributed by atoms with Crippen molar-refractivity contribution in [1.82, 2.24) is 0 Å². The van der Waals surface area contributed by atoms with Gasteiger partial charge in [0, 0.05) is 17.3 Å². The van der Waals surface area contributed by atoms with Crippen molar-refractivity contribution in [3.8, 4) is 0 Å². The number of halogens is 1. The van der Waals surface area contributed by atoms with Crippen LogP contribution in [0.1, 0.15) is 29.0 Å². The van der Waals surface area contributed by atoms with Crippen LogP contribution in [0.15, 0.2) is 97.3 Å². The predicted molar refractivity (Wildman–Crippen MR) is 110 cm³/mol. The number of hydrogen-bond acceptors (Lipinski definition) is 1. The molecule has 3 aromatic rings. The lowest BCUT2D eigenvalue weighted by atomic mass is 9.87. The van der Waals surface area contributed by atoms with Crippen molar-refractivity contribution in [3.05, 3.63) is 120 Å². The molecule has 5 rings (SSSR count). The molecule has 1 fully saturated rings. The van der Waals surface area contributed by atoms with Gasteiger partial charge in [-0.05, 0) is 47.7 Å². The van der Waals surface area contributed by atoms with Crippen molar-refractivity contribution in [3.63, 3.8) is 0 Å². The van der Waals surface area contributed by atoms with Crippen molar-refractivity contribution < 1.29 is 9.13 Å². The van der Waals surface area contributed by atoms with E-state index in [0.29, 0.717) is 11.8 Å². The van der Waals surface area contributed by atoms with Gasteiger partial charge in [0.2, 0.25) is 0 Å². The summed E-state index contributed by atoms with van der Waals surface area (Å²) in [5.41, 5.74) is 3.50. The van der Waals surface area contributed by atoms with Crippen LogP contribution in [-0.4, -0.2) is 6.10 Å². The molecule has 0 N–H and O–H groups in total. The fraction of sp³-hybridized carbons (Fsp3) is 0.231. The Bertz CT molecular complexity index is 982. The maximum Gasteiger partial charge on any atom is 0.123 e. The Labute approximate surface area is 165 Å². The molecule has 1 nitrogen and oxygen atoms in total. The average Bonchev–Trinajstić information content (AvgIpc) is 3.45. The van der Waals surface area contributed by atoms with Crippen LogP contribution in [-0.2, 0) is 16.6 Å². The van der Waals surface area contributed by atoms with E-state index < -0.39 is 0 Å². The van der Waals surface area contributed by atoms with Crippen molar-refractivity contribution in [2.24, 2.45) is 5.92 Å². The third kappa shape index (κ3) is 2.84. The van der Waals surface area contributed by atoms with Crippen molar-refractivity contribution in [2.75, 3.05) is 0 Å². The first kappa shape index (κ1) is 17.2. The molecule has 2 aliphatic rings. The second-order valence-corrected chi connectivity index (χ2v) is 7.86. The van der Waals surface area contributed by atoms with Gasteiger partial charge >= 0.3 is 0 Å². The minimum absolute atomic E-state index is 0.124. The summed E-state index contributed by atoms with van der Waals surface area (Å²) in [6.45, 7) is 0. The first-order valence-corrected chi connectivity index (χ1v) is 9.97. The largest absolute Gasteiger partial charge is 0.498 e. The van der Waals surface area contributed by atoms with Crippen LogP contribution in [0.5, 0.6) is 0 Å². The highest BCUT2D eigenvalue weighted by Gasteiger charge is 2.68. The van der Waals surface area contributed by atoms with E-state index >= 15 is 0 Å². The van der Waals surface area contributed by atoms with Gasteiger partial charge in [-0.1, -0.05) is 72.8 Å². The zero-order valence-corrected chi connectivity index (χ0v) is 15.7. The minimum Gasteiger partial charge on any atom is -0.498 e. The Morgan fingerprint density at radius 1 is 0.857 bits per heavy atom. The van der Waals surface area contributed by atoms with E-state index in [-0.39, 0.29) is 17.3 Å². The van der Waals surface area contributed by atoms with Crippen molar-refractivity contribution in [1.29, 1.82) is 0 Å². The van der Waals surface area contributed by atoms with Crippen LogP contribution in [0.3, 0.4) is 0 Å². The molecule has 1 aliphatic carbocycles. The molecule has 140 valence electrons. The van der Waals surface area contributed by atoms with Crippen LogP contribution in [0.2, 0.25) is 0 Å². The number of allylic oxidation sites excluding steroid dienone is 1. The highest BCUT2D eigenvalue weighted by molar-refractivity contribution is 5.52. The number of rotatable bonds is 5. The fourth-order valence-corrected chi connectivity index (χ4v) is 5.08. The molecule has 3 aromatic carbocycles. The average molecular weight is 370 g/mol. The molecule has 0 spiro atoms. The van der Waals surface area contributed by atoms with E-state index in [1.807, 2.05) is 24.5 Å². The maximum atomic E-state index is 14.1. The lowest BCUT2D eigenvalue weighted by molar-refractivity contribution is 0.0966. The highest BCUT2D eigenvalue weighted by Crippen LogP contribution is 2.70. The van der Waals surface area contributed by atoms with Crippen LogP contribution in [0.4, 0.5) is 4.39 Å². The second-order valence-electron chi connectivity index (χ2n) is 7.86. The summed E-state index contributed by atoms with van der Waals surface area (Å²) in [5.74, 6) is 0.463. The van der Waals surface area contributed by atoms with Gasteiger partial charge < -0.3 is 4.74 Å². The van der Waals surface area contributed by atoms with E-state index in [1.54, 1.807) is 6.07 Å². The fourth-order valence-electron chi connectivity index (χ4n) is 5.08. The summed E-state index contributed by atoms with van der Waals surface area (Å²) in [4.78, 5) is 0. The summed E-state index contributed by atoms with van der Waals surface area (Å²) in [6.07, 6.45) is 6.07. The molecule has 1 heterocycles. The zero-order chi connectivity index (χ0) is 19.0. The lowest BCUT2D eigenvalue weighted by Gasteiger charge is -2.25. The highest BCUT2D eigenvalue weighted by atomic mass is 19.1.